The average Bonchev–Trinajstić information content (AvgIpc) is 2.17. The lowest BCUT2D eigenvalue weighted by Gasteiger charge is -2.21. The highest BCUT2D eigenvalue weighted by molar-refractivity contribution is 5.81. The highest BCUT2D eigenvalue weighted by Crippen LogP contribution is 2.24. The van der Waals surface area contributed by atoms with Crippen molar-refractivity contribution in [2.24, 2.45) is 5.73 Å². The molecule has 3 nitrogen and oxygen atoms in total. The lowest BCUT2D eigenvalue weighted by Crippen LogP contribution is -2.37. The van der Waals surface area contributed by atoms with Crippen molar-refractivity contribution in [3.05, 3.63) is 29.8 Å². The van der Waals surface area contributed by atoms with Gasteiger partial charge in [-0.05, 0) is 24.5 Å². The highest BCUT2D eigenvalue weighted by Gasteiger charge is 2.22. The summed E-state index contributed by atoms with van der Waals surface area (Å²) in [4.78, 5) is 10.9. The Morgan fingerprint density at radius 2 is 2.23 bits per heavy atom. The van der Waals surface area contributed by atoms with Crippen molar-refractivity contribution in [1.29, 1.82) is 0 Å². The quantitative estimate of drug-likeness (QED) is 0.671. The lowest BCUT2D eigenvalue weighted by atomic mass is 9.98. The van der Waals surface area contributed by atoms with E-state index in [2.05, 4.69) is 5.32 Å². The summed E-state index contributed by atoms with van der Waals surface area (Å²) in [5, 5.41) is 4.27. The van der Waals surface area contributed by atoms with Gasteiger partial charge >= 0.3 is 0 Å². The molecule has 1 atom stereocenters. The van der Waals surface area contributed by atoms with E-state index in [4.69, 9.17) is 5.73 Å². The minimum absolute atomic E-state index is 0.324. The third kappa shape index (κ3) is 1.49. The number of benzene rings is 1. The van der Waals surface area contributed by atoms with Crippen LogP contribution in [0.15, 0.2) is 24.3 Å². The van der Waals surface area contributed by atoms with Gasteiger partial charge < -0.3 is 5.73 Å². The summed E-state index contributed by atoms with van der Waals surface area (Å²) in [7, 11) is 0. The summed E-state index contributed by atoms with van der Waals surface area (Å²) in [6.07, 6.45) is 1.64. The van der Waals surface area contributed by atoms with Crippen molar-refractivity contribution >= 4 is 11.6 Å². The highest BCUT2D eigenvalue weighted by atomic mass is 16.1. The van der Waals surface area contributed by atoms with Crippen LogP contribution < -0.4 is 11.1 Å². The SMILES string of the molecule is NC(=O)C1CCc2ccccc2[N]1. The summed E-state index contributed by atoms with van der Waals surface area (Å²) in [6, 6.07) is 7.54. The maximum atomic E-state index is 10.9. The predicted molar refractivity (Wildman–Crippen MR) is 49.5 cm³/mol. The molecule has 67 valence electrons. The van der Waals surface area contributed by atoms with Crippen molar-refractivity contribution < 1.29 is 4.79 Å². The van der Waals surface area contributed by atoms with Gasteiger partial charge in [-0.3, -0.25) is 10.1 Å². The van der Waals surface area contributed by atoms with E-state index in [1.54, 1.807) is 0 Å². The van der Waals surface area contributed by atoms with Gasteiger partial charge in [-0.1, -0.05) is 18.2 Å². The van der Waals surface area contributed by atoms with Crippen molar-refractivity contribution in [2.45, 2.75) is 18.9 Å². The Hall–Kier alpha value is -1.51. The van der Waals surface area contributed by atoms with Gasteiger partial charge in [-0.2, -0.15) is 0 Å². The number of para-hydroxylation sites is 1. The van der Waals surface area contributed by atoms with E-state index in [9.17, 15) is 4.79 Å². The summed E-state index contributed by atoms with van der Waals surface area (Å²) >= 11 is 0. The lowest BCUT2D eigenvalue weighted by molar-refractivity contribution is -0.120. The second-order valence-corrected chi connectivity index (χ2v) is 3.21. The van der Waals surface area contributed by atoms with E-state index >= 15 is 0 Å². The fourth-order valence-electron chi connectivity index (χ4n) is 1.58. The van der Waals surface area contributed by atoms with Gasteiger partial charge in [-0.25, -0.2) is 0 Å². The molecule has 2 N–H and O–H groups in total. The first-order valence-corrected chi connectivity index (χ1v) is 4.35. The van der Waals surface area contributed by atoms with Crippen LogP contribution in [0.25, 0.3) is 0 Å². The smallest absolute Gasteiger partial charge is 0.242 e. The van der Waals surface area contributed by atoms with Crippen molar-refractivity contribution in [3.8, 4) is 0 Å². The Morgan fingerprint density at radius 1 is 1.46 bits per heavy atom. The molecule has 0 aliphatic carbocycles. The van der Waals surface area contributed by atoms with Crippen molar-refractivity contribution in [2.75, 3.05) is 0 Å². The van der Waals surface area contributed by atoms with E-state index in [0.29, 0.717) is 0 Å². The molecule has 1 aliphatic heterocycles. The molecule has 1 amide bonds. The van der Waals surface area contributed by atoms with Gasteiger partial charge in [0.2, 0.25) is 5.91 Å². The summed E-state index contributed by atoms with van der Waals surface area (Å²) in [5.74, 6) is -0.325. The molecular weight excluding hydrogens is 164 g/mol. The van der Waals surface area contributed by atoms with Crippen LogP contribution in [0, 0.1) is 0 Å². The van der Waals surface area contributed by atoms with E-state index in [0.717, 1.165) is 18.5 Å². The first-order chi connectivity index (χ1) is 6.27. The number of fused-ring (bicyclic) bond motifs is 1. The van der Waals surface area contributed by atoms with Gasteiger partial charge in [0, 0.05) is 0 Å². The normalized spacial score (nSPS) is 20.2. The maximum Gasteiger partial charge on any atom is 0.242 e. The molecule has 1 unspecified atom stereocenters. The summed E-state index contributed by atoms with van der Waals surface area (Å²) in [5.41, 5.74) is 7.31. The van der Waals surface area contributed by atoms with E-state index in [1.807, 2.05) is 24.3 Å². The van der Waals surface area contributed by atoms with Gasteiger partial charge in [0.1, 0.15) is 6.04 Å². The van der Waals surface area contributed by atoms with Gasteiger partial charge in [0.15, 0.2) is 0 Å². The fourth-order valence-corrected chi connectivity index (χ4v) is 1.58. The molecule has 1 aromatic carbocycles. The fraction of sp³-hybridized carbons (Fsp3) is 0.300. The number of hydrogen-bond donors (Lipinski definition) is 1. The van der Waals surface area contributed by atoms with Crippen LogP contribution in [0.4, 0.5) is 5.69 Å². The molecule has 0 fully saturated rings. The number of nitrogens with zero attached hydrogens (tertiary/aromatic N) is 1. The van der Waals surface area contributed by atoms with E-state index in [-0.39, 0.29) is 11.9 Å². The summed E-state index contributed by atoms with van der Waals surface area (Å²) < 4.78 is 0. The van der Waals surface area contributed by atoms with Crippen LogP contribution in [-0.4, -0.2) is 11.9 Å². The average molecular weight is 175 g/mol. The molecule has 1 aromatic rings. The van der Waals surface area contributed by atoms with Crippen LogP contribution in [0.3, 0.4) is 0 Å². The monoisotopic (exact) mass is 175 g/mol. The maximum absolute atomic E-state index is 10.9. The predicted octanol–water partition coefficient (Wildman–Crippen LogP) is 0.723. The van der Waals surface area contributed by atoms with Crippen LogP contribution in [0.5, 0.6) is 0 Å². The van der Waals surface area contributed by atoms with Crippen LogP contribution >= 0.6 is 0 Å². The number of rotatable bonds is 1. The molecule has 13 heavy (non-hydrogen) atoms. The molecule has 1 aliphatic rings. The first kappa shape index (κ1) is 8.10. The first-order valence-electron chi connectivity index (χ1n) is 4.35. The zero-order chi connectivity index (χ0) is 9.26. The molecule has 2 rings (SSSR count). The minimum atomic E-state index is -0.325. The molecule has 0 saturated carbocycles. The Kier molecular flexibility index (Phi) is 1.93. The van der Waals surface area contributed by atoms with Crippen LogP contribution in [0.1, 0.15) is 12.0 Å². The Labute approximate surface area is 76.9 Å². The van der Waals surface area contributed by atoms with Gasteiger partial charge in [0.05, 0.1) is 5.69 Å². The third-order valence-corrected chi connectivity index (χ3v) is 2.30. The molecule has 3 heteroatoms. The van der Waals surface area contributed by atoms with Crippen LogP contribution in [-0.2, 0) is 11.2 Å². The second kappa shape index (κ2) is 3.09. The molecule has 1 heterocycles. The standard InChI is InChI=1S/C10H11N2O/c11-10(13)9-6-5-7-3-1-2-4-8(7)12-9/h1-4,9H,5-6H2,(H2,11,13). The zero-order valence-corrected chi connectivity index (χ0v) is 7.23. The summed E-state index contributed by atoms with van der Waals surface area (Å²) in [6.45, 7) is 0. The number of carbonyl (C=O) groups is 1. The number of carbonyl (C=O) groups excluding carboxylic acids is 1. The van der Waals surface area contributed by atoms with Gasteiger partial charge in [0.25, 0.3) is 0 Å². The Bertz CT molecular complexity index is 335. The van der Waals surface area contributed by atoms with Crippen LogP contribution in [0.2, 0.25) is 0 Å². The molecule has 0 aromatic heterocycles. The number of primary amides is 1. The Balaban J connectivity index is 2.24. The number of amides is 1. The largest absolute Gasteiger partial charge is 0.368 e. The van der Waals surface area contributed by atoms with Crippen molar-refractivity contribution in [1.82, 2.24) is 5.32 Å². The number of aryl methyl sites for hydroxylation is 1. The third-order valence-electron chi connectivity index (χ3n) is 2.30. The Morgan fingerprint density at radius 3 is 3.00 bits per heavy atom. The zero-order valence-electron chi connectivity index (χ0n) is 7.23. The molecular formula is C10H11N2O. The van der Waals surface area contributed by atoms with Crippen molar-refractivity contribution in [3.63, 3.8) is 0 Å². The number of hydrogen-bond acceptors (Lipinski definition) is 1. The van der Waals surface area contributed by atoms with Gasteiger partial charge in [-0.15, -0.1) is 0 Å². The van der Waals surface area contributed by atoms with E-state index in [1.165, 1.54) is 5.56 Å². The topological polar surface area (TPSA) is 57.2 Å². The molecule has 0 spiro atoms. The minimum Gasteiger partial charge on any atom is -0.368 e. The molecule has 1 radical (unpaired) electrons. The molecule has 0 bridgehead atoms. The molecule has 0 saturated heterocycles. The number of nitrogens with two attached hydrogens (primary N) is 1. The van der Waals surface area contributed by atoms with E-state index < -0.39 is 0 Å². The second-order valence-electron chi connectivity index (χ2n) is 3.21.